The van der Waals surface area contributed by atoms with Crippen LogP contribution in [0, 0.1) is 0 Å². The minimum atomic E-state index is -0.431. The molecule has 4 nitrogen and oxygen atoms in total. The monoisotopic (exact) mass is 236 g/mol. The van der Waals surface area contributed by atoms with Gasteiger partial charge in [-0.1, -0.05) is 19.9 Å². The van der Waals surface area contributed by atoms with E-state index in [2.05, 4.69) is 18.7 Å². The lowest BCUT2D eigenvalue weighted by Gasteiger charge is -2.18. The number of benzene rings is 1. The first-order valence-corrected chi connectivity index (χ1v) is 5.92. The molecule has 1 aromatic rings. The van der Waals surface area contributed by atoms with Gasteiger partial charge in [0.15, 0.2) is 0 Å². The second kappa shape index (κ2) is 6.91. The molecule has 0 bridgehead atoms. The number of nitrogens with two attached hydrogens (primary N) is 1. The van der Waals surface area contributed by atoms with Crippen molar-refractivity contribution in [2.75, 3.05) is 26.2 Å². The number of ether oxygens (including phenoxy) is 1. The number of primary amides is 1. The molecule has 4 heteroatoms. The first-order chi connectivity index (χ1) is 8.17. The van der Waals surface area contributed by atoms with Crippen molar-refractivity contribution in [3.05, 3.63) is 29.8 Å². The highest BCUT2D eigenvalue weighted by atomic mass is 16.5. The molecule has 0 aromatic heterocycles. The quantitative estimate of drug-likeness (QED) is 0.780. The summed E-state index contributed by atoms with van der Waals surface area (Å²) in [4.78, 5) is 13.3. The van der Waals surface area contributed by atoms with Gasteiger partial charge in [-0.3, -0.25) is 4.79 Å². The molecule has 0 saturated carbocycles. The van der Waals surface area contributed by atoms with Crippen molar-refractivity contribution in [1.82, 2.24) is 4.90 Å². The summed E-state index contributed by atoms with van der Waals surface area (Å²) in [6, 6.07) is 6.95. The van der Waals surface area contributed by atoms with Crippen LogP contribution < -0.4 is 10.5 Å². The minimum absolute atomic E-state index is 0.431. The van der Waals surface area contributed by atoms with Crippen LogP contribution in [0.3, 0.4) is 0 Å². The molecular weight excluding hydrogens is 216 g/mol. The van der Waals surface area contributed by atoms with E-state index in [0.29, 0.717) is 17.9 Å². The van der Waals surface area contributed by atoms with Gasteiger partial charge < -0.3 is 15.4 Å². The van der Waals surface area contributed by atoms with Crippen molar-refractivity contribution < 1.29 is 9.53 Å². The van der Waals surface area contributed by atoms with E-state index in [-0.39, 0.29) is 0 Å². The maximum Gasteiger partial charge on any atom is 0.248 e. The summed E-state index contributed by atoms with van der Waals surface area (Å²) in [6.45, 7) is 7.77. The van der Waals surface area contributed by atoms with Gasteiger partial charge >= 0.3 is 0 Å². The zero-order valence-corrected chi connectivity index (χ0v) is 10.5. The average molecular weight is 236 g/mol. The molecule has 1 rings (SSSR count). The van der Waals surface area contributed by atoms with Crippen molar-refractivity contribution in [1.29, 1.82) is 0 Å². The van der Waals surface area contributed by atoms with Crippen molar-refractivity contribution in [3.8, 4) is 5.75 Å². The van der Waals surface area contributed by atoms with Gasteiger partial charge in [-0.15, -0.1) is 0 Å². The van der Waals surface area contributed by atoms with Gasteiger partial charge in [0.25, 0.3) is 0 Å². The first kappa shape index (κ1) is 13.5. The maximum absolute atomic E-state index is 11.0. The van der Waals surface area contributed by atoms with E-state index in [1.807, 2.05) is 6.07 Å². The lowest BCUT2D eigenvalue weighted by atomic mass is 10.2. The molecule has 0 aliphatic heterocycles. The largest absolute Gasteiger partial charge is 0.492 e. The lowest BCUT2D eigenvalue weighted by Crippen LogP contribution is -2.27. The number of likely N-dealkylation sites (N-methyl/N-ethyl adjacent to an activating group) is 1. The van der Waals surface area contributed by atoms with E-state index in [4.69, 9.17) is 10.5 Å². The molecule has 0 saturated heterocycles. The molecule has 1 amide bonds. The summed E-state index contributed by atoms with van der Waals surface area (Å²) < 4.78 is 5.58. The third-order valence-electron chi connectivity index (χ3n) is 2.69. The molecule has 0 spiro atoms. The highest BCUT2D eigenvalue weighted by molar-refractivity contribution is 5.93. The second-order valence-electron chi connectivity index (χ2n) is 3.77. The van der Waals surface area contributed by atoms with Gasteiger partial charge in [-0.2, -0.15) is 0 Å². The highest BCUT2D eigenvalue weighted by Gasteiger charge is 2.03. The molecule has 94 valence electrons. The molecule has 0 aliphatic carbocycles. The molecule has 1 aromatic carbocycles. The summed E-state index contributed by atoms with van der Waals surface area (Å²) in [5.74, 6) is 0.257. The zero-order valence-electron chi connectivity index (χ0n) is 10.5. The summed E-state index contributed by atoms with van der Waals surface area (Å²) >= 11 is 0. The number of carbonyl (C=O) groups is 1. The predicted octanol–water partition coefficient (Wildman–Crippen LogP) is 1.51. The van der Waals surface area contributed by atoms with Crippen LogP contribution in [0.1, 0.15) is 24.2 Å². The Labute approximate surface area is 102 Å². The van der Waals surface area contributed by atoms with Crippen molar-refractivity contribution >= 4 is 5.91 Å². The maximum atomic E-state index is 11.0. The first-order valence-electron chi connectivity index (χ1n) is 5.92. The Hall–Kier alpha value is -1.55. The number of nitrogens with zero attached hydrogens (tertiary/aromatic N) is 1. The fourth-order valence-electron chi connectivity index (χ4n) is 1.57. The second-order valence-corrected chi connectivity index (χ2v) is 3.77. The van der Waals surface area contributed by atoms with Crippen molar-refractivity contribution in [3.63, 3.8) is 0 Å². The van der Waals surface area contributed by atoms with Gasteiger partial charge in [-0.05, 0) is 31.3 Å². The van der Waals surface area contributed by atoms with Crippen LogP contribution in [-0.2, 0) is 0 Å². The molecule has 0 aliphatic rings. The molecule has 0 radical (unpaired) electrons. The van der Waals surface area contributed by atoms with Crippen LogP contribution in [0.4, 0.5) is 0 Å². The van der Waals surface area contributed by atoms with Gasteiger partial charge in [0.1, 0.15) is 12.4 Å². The Kier molecular flexibility index (Phi) is 5.49. The van der Waals surface area contributed by atoms with Crippen LogP contribution in [0.5, 0.6) is 5.75 Å². The van der Waals surface area contributed by atoms with Crippen LogP contribution in [-0.4, -0.2) is 37.0 Å². The Bertz CT molecular complexity index is 362. The Morgan fingerprint density at radius 3 is 2.65 bits per heavy atom. The zero-order chi connectivity index (χ0) is 12.7. The molecule has 0 heterocycles. The molecule has 0 unspecified atom stereocenters. The summed E-state index contributed by atoms with van der Waals surface area (Å²) in [6.07, 6.45) is 0. The average Bonchev–Trinajstić information content (AvgIpc) is 2.35. The number of rotatable bonds is 7. The molecule has 0 fully saturated rings. The third-order valence-corrected chi connectivity index (χ3v) is 2.69. The van der Waals surface area contributed by atoms with Gasteiger partial charge in [0.05, 0.1) is 0 Å². The van der Waals surface area contributed by atoms with E-state index in [9.17, 15) is 4.79 Å². The molecular formula is C13H20N2O2. The fourth-order valence-corrected chi connectivity index (χ4v) is 1.57. The number of carbonyl (C=O) groups excluding carboxylic acids is 1. The number of amides is 1. The van der Waals surface area contributed by atoms with Crippen molar-refractivity contribution in [2.45, 2.75) is 13.8 Å². The minimum Gasteiger partial charge on any atom is -0.492 e. The Balaban J connectivity index is 2.46. The highest BCUT2D eigenvalue weighted by Crippen LogP contribution is 2.12. The predicted molar refractivity (Wildman–Crippen MR) is 68.2 cm³/mol. The standard InChI is InChI=1S/C13H20N2O2/c1-3-15(4-2)8-9-17-12-7-5-6-11(10-12)13(14)16/h5-7,10H,3-4,8-9H2,1-2H3,(H2,14,16). The fraction of sp³-hybridized carbons (Fsp3) is 0.462. The van der Waals surface area contributed by atoms with Crippen LogP contribution >= 0.6 is 0 Å². The molecule has 2 N–H and O–H groups in total. The van der Waals surface area contributed by atoms with Gasteiger partial charge in [-0.25, -0.2) is 0 Å². The third kappa shape index (κ3) is 4.44. The summed E-state index contributed by atoms with van der Waals surface area (Å²) in [5, 5.41) is 0. The smallest absolute Gasteiger partial charge is 0.248 e. The van der Waals surface area contributed by atoms with E-state index in [1.165, 1.54) is 0 Å². The van der Waals surface area contributed by atoms with E-state index >= 15 is 0 Å². The Morgan fingerprint density at radius 2 is 2.06 bits per heavy atom. The topological polar surface area (TPSA) is 55.6 Å². The van der Waals surface area contributed by atoms with Gasteiger partial charge in [0.2, 0.25) is 5.91 Å². The van der Waals surface area contributed by atoms with Crippen LogP contribution in [0.25, 0.3) is 0 Å². The SMILES string of the molecule is CCN(CC)CCOc1cccc(C(N)=O)c1. The number of hydrogen-bond acceptors (Lipinski definition) is 3. The summed E-state index contributed by atoms with van der Waals surface area (Å²) in [5.41, 5.74) is 5.68. The van der Waals surface area contributed by atoms with Crippen LogP contribution in [0.15, 0.2) is 24.3 Å². The lowest BCUT2D eigenvalue weighted by molar-refractivity contribution is 0.1000. The Morgan fingerprint density at radius 1 is 1.35 bits per heavy atom. The number of hydrogen-bond donors (Lipinski definition) is 1. The summed E-state index contributed by atoms with van der Waals surface area (Å²) in [7, 11) is 0. The van der Waals surface area contributed by atoms with E-state index in [1.54, 1.807) is 18.2 Å². The van der Waals surface area contributed by atoms with Crippen LogP contribution in [0.2, 0.25) is 0 Å². The normalized spacial score (nSPS) is 10.5. The van der Waals surface area contributed by atoms with E-state index in [0.717, 1.165) is 19.6 Å². The molecule has 0 atom stereocenters. The van der Waals surface area contributed by atoms with Crippen molar-refractivity contribution in [2.24, 2.45) is 5.73 Å². The molecule has 17 heavy (non-hydrogen) atoms. The van der Waals surface area contributed by atoms with E-state index < -0.39 is 5.91 Å². The van der Waals surface area contributed by atoms with Gasteiger partial charge in [0, 0.05) is 12.1 Å².